The van der Waals surface area contributed by atoms with Gasteiger partial charge < -0.3 is 24.5 Å². The fourth-order valence-corrected chi connectivity index (χ4v) is 4.05. The van der Waals surface area contributed by atoms with Crippen molar-refractivity contribution in [3.63, 3.8) is 0 Å². The lowest BCUT2D eigenvalue weighted by molar-refractivity contribution is -0.135. The van der Waals surface area contributed by atoms with E-state index in [0.717, 1.165) is 30.3 Å². The molecule has 172 valence electrons. The summed E-state index contributed by atoms with van der Waals surface area (Å²) in [6, 6.07) is 7.33. The summed E-state index contributed by atoms with van der Waals surface area (Å²) in [5.41, 5.74) is -1.22. The molecule has 1 aliphatic rings. The molecule has 4 aromatic rings. The van der Waals surface area contributed by atoms with Gasteiger partial charge in [-0.3, -0.25) is 9.59 Å². The van der Waals surface area contributed by atoms with E-state index in [2.05, 4.69) is 0 Å². The quantitative estimate of drug-likeness (QED) is 0.172. The average molecular weight is 470 g/mol. The summed E-state index contributed by atoms with van der Waals surface area (Å²) in [6.07, 6.45) is -0.483. The number of fused-ring (bicyclic) bond motifs is 3. The van der Waals surface area contributed by atoms with E-state index in [1.165, 1.54) is 6.07 Å². The highest BCUT2D eigenvalue weighted by molar-refractivity contribution is 5.93. The summed E-state index contributed by atoms with van der Waals surface area (Å²) in [6.45, 7) is 0. The molecule has 0 saturated heterocycles. The van der Waals surface area contributed by atoms with Gasteiger partial charge in [0.15, 0.2) is 34.4 Å². The Labute approximate surface area is 187 Å². The van der Waals surface area contributed by atoms with Crippen molar-refractivity contribution < 1.29 is 42.4 Å². The predicted octanol–water partition coefficient (Wildman–Crippen LogP) is 4.44. The molecule has 34 heavy (non-hydrogen) atoms. The lowest BCUT2D eigenvalue weighted by Crippen LogP contribution is -2.23. The van der Waals surface area contributed by atoms with Gasteiger partial charge in [0.1, 0.15) is 28.2 Å². The van der Waals surface area contributed by atoms with E-state index in [9.17, 15) is 38.1 Å². The van der Waals surface area contributed by atoms with Crippen molar-refractivity contribution in [1.29, 1.82) is 0 Å². The standard InChI is InChI=1S/C24H13F3O7/c25-12-3-2-10(22(26)23(12)27)11-6-19(32)33-18-8-16(31)21-15(30)7-17(34-24(21)20(11)18)9-1-4-13(28)14(29)5-9/h1-5,7-8,11,28-29,31H,6H2/t11-/m1/s1. The number of rotatable bonds is 2. The first kappa shape index (κ1) is 21.4. The molecule has 10 heteroatoms. The van der Waals surface area contributed by atoms with E-state index in [1.807, 2.05) is 0 Å². The lowest BCUT2D eigenvalue weighted by Gasteiger charge is -2.26. The second-order valence-corrected chi connectivity index (χ2v) is 7.69. The van der Waals surface area contributed by atoms with E-state index in [0.29, 0.717) is 6.07 Å². The van der Waals surface area contributed by atoms with E-state index in [1.54, 1.807) is 0 Å². The molecule has 0 fully saturated rings. The summed E-state index contributed by atoms with van der Waals surface area (Å²) in [7, 11) is 0. The highest BCUT2D eigenvalue weighted by Gasteiger charge is 2.36. The summed E-state index contributed by atoms with van der Waals surface area (Å²) < 4.78 is 53.2. The third-order valence-electron chi connectivity index (χ3n) is 5.63. The topological polar surface area (TPSA) is 117 Å². The number of aromatic hydroxyl groups is 3. The molecule has 0 bridgehead atoms. The van der Waals surface area contributed by atoms with Crippen LogP contribution in [0.1, 0.15) is 23.5 Å². The molecule has 1 aromatic heterocycles. The molecule has 7 nitrogen and oxygen atoms in total. The Balaban J connectivity index is 1.84. The van der Waals surface area contributed by atoms with Crippen LogP contribution in [0.4, 0.5) is 13.2 Å². The van der Waals surface area contributed by atoms with Crippen LogP contribution in [0.15, 0.2) is 51.7 Å². The van der Waals surface area contributed by atoms with Crippen molar-refractivity contribution in [2.45, 2.75) is 12.3 Å². The molecule has 0 spiro atoms. The van der Waals surface area contributed by atoms with E-state index in [-0.39, 0.29) is 39.2 Å². The Morgan fingerprint density at radius 1 is 0.853 bits per heavy atom. The molecular weight excluding hydrogens is 457 g/mol. The minimum absolute atomic E-state index is 0.0285. The summed E-state index contributed by atoms with van der Waals surface area (Å²) in [5.74, 6) is -8.57. The molecule has 3 N–H and O–H groups in total. The number of hydrogen-bond acceptors (Lipinski definition) is 7. The van der Waals surface area contributed by atoms with Crippen LogP contribution in [0.25, 0.3) is 22.3 Å². The fraction of sp³-hybridized carbons (Fsp3) is 0.0833. The van der Waals surface area contributed by atoms with E-state index < -0.39 is 58.4 Å². The Kier molecular flexibility index (Phi) is 4.75. The van der Waals surface area contributed by atoms with Crippen LogP contribution in [0.3, 0.4) is 0 Å². The molecule has 1 atom stereocenters. The van der Waals surface area contributed by atoms with Gasteiger partial charge in [-0.1, -0.05) is 6.07 Å². The summed E-state index contributed by atoms with van der Waals surface area (Å²) in [5, 5.41) is 29.5. The molecule has 1 aliphatic heterocycles. The highest BCUT2D eigenvalue weighted by Crippen LogP contribution is 2.47. The Morgan fingerprint density at radius 2 is 1.62 bits per heavy atom. The molecule has 0 amide bonds. The second-order valence-electron chi connectivity index (χ2n) is 7.69. The molecule has 3 aromatic carbocycles. The number of halogens is 3. The van der Waals surface area contributed by atoms with Crippen molar-refractivity contribution in [3.8, 4) is 34.3 Å². The number of esters is 1. The fourth-order valence-electron chi connectivity index (χ4n) is 4.05. The zero-order chi connectivity index (χ0) is 24.3. The minimum Gasteiger partial charge on any atom is -0.507 e. The van der Waals surface area contributed by atoms with Crippen LogP contribution in [0.2, 0.25) is 0 Å². The number of carbonyl (C=O) groups is 1. The largest absolute Gasteiger partial charge is 0.507 e. The first-order valence-electron chi connectivity index (χ1n) is 9.86. The second kappa shape index (κ2) is 7.55. The highest BCUT2D eigenvalue weighted by atomic mass is 19.2. The zero-order valence-corrected chi connectivity index (χ0v) is 16.9. The molecule has 2 heterocycles. The van der Waals surface area contributed by atoms with Gasteiger partial charge in [0.2, 0.25) is 0 Å². The first-order valence-corrected chi connectivity index (χ1v) is 9.86. The molecule has 0 saturated carbocycles. The van der Waals surface area contributed by atoms with Gasteiger partial charge in [0.25, 0.3) is 0 Å². The van der Waals surface area contributed by atoms with E-state index in [4.69, 9.17) is 9.15 Å². The number of hydrogen-bond donors (Lipinski definition) is 3. The summed E-state index contributed by atoms with van der Waals surface area (Å²) in [4.78, 5) is 25.1. The van der Waals surface area contributed by atoms with Crippen LogP contribution in [0, 0.1) is 17.5 Å². The maximum Gasteiger partial charge on any atom is 0.312 e. The predicted molar refractivity (Wildman–Crippen MR) is 111 cm³/mol. The lowest BCUT2D eigenvalue weighted by atomic mass is 9.84. The number of benzene rings is 3. The van der Waals surface area contributed by atoms with Crippen molar-refractivity contribution in [2.24, 2.45) is 0 Å². The Hall–Kier alpha value is -4.47. The van der Waals surface area contributed by atoms with Crippen LogP contribution in [-0.4, -0.2) is 21.3 Å². The maximum absolute atomic E-state index is 14.7. The van der Waals surface area contributed by atoms with Gasteiger partial charge in [0.05, 0.1) is 6.42 Å². The normalized spacial score (nSPS) is 15.3. The van der Waals surface area contributed by atoms with Gasteiger partial charge >= 0.3 is 5.97 Å². The van der Waals surface area contributed by atoms with Gasteiger partial charge in [-0.25, -0.2) is 13.2 Å². The molecule has 0 aliphatic carbocycles. The number of ether oxygens (including phenoxy) is 1. The van der Waals surface area contributed by atoms with Crippen LogP contribution in [-0.2, 0) is 4.79 Å². The zero-order valence-electron chi connectivity index (χ0n) is 16.9. The smallest absolute Gasteiger partial charge is 0.312 e. The van der Waals surface area contributed by atoms with Crippen molar-refractivity contribution in [3.05, 3.63) is 81.3 Å². The summed E-state index contributed by atoms with van der Waals surface area (Å²) >= 11 is 0. The molecule has 0 unspecified atom stereocenters. The van der Waals surface area contributed by atoms with Gasteiger partial charge in [-0.15, -0.1) is 0 Å². The molecule has 5 rings (SSSR count). The molecular formula is C24H13F3O7. The third-order valence-corrected chi connectivity index (χ3v) is 5.63. The van der Waals surface area contributed by atoms with E-state index >= 15 is 0 Å². The molecule has 0 radical (unpaired) electrons. The number of carbonyl (C=O) groups excluding carboxylic acids is 1. The average Bonchev–Trinajstić information content (AvgIpc) is 2.78. The van der Waals surface area contributed by atoms with Crippen molar-refractivity contribution in [2.75, 3.05) is 0 Å². The van der Waals surface area contributed by atoms with Gasteiger partial charge in [-0.2, -0.15) is 0 Å². The Bertz CT molecular complexity index is 1580. The van der Waals surface area contributed by atoms with Crippen molar-refractivity contribution >= 4 is 16.9 Å². The van der Waals surface area contributed by atoms with Crippen LogP contribution >= 0.6 is 0 Å². The maximum atomic E-state index is 14.7. The van der Waals surface area contributed by atoms with Crippen LogP contribution < -0.4 is 10.2 Å². The van der Waals surface area contributed by atoms with Gasteiger partial charge in [0, 0.05) is 29.2 Å². The van der Waals surface area contributed by atoms with Crippen molar-refractivity contribution in [1.82, 2.24) is 0 Å². The number of phenolic OH excluding ortho intramolecular Hbond substituents is 3. The first-order chi connectivity index (χ1) is 16.2. The SMILES string of the molecule is O=C1C[C@H](c2ccc(F)c(F)c2F)c2c(cc(O)c3c(=O)cc(-c4ccc(O)c(O)c4)oc23)O1. The third kappa shape index (κ3) is 3.22. The van der Waals surface area contributed by atoms with Crippen LogP contribution in [0.5, 0.6) is 23.0 Å². The minimum atomic E-state index is -1.73. The van der Waals surface area contributed by atoms with Gasteiger partial charge in [-0.05, 0) is 29.8 Å². The Morgan fingerprint density at radius 3 is 2.35 bits per heavy atom. The monoisotopic (exact) mass is 470 g/mol. The number of phenols is 3.